The van der Waals surface area contributed by atoms with Gasteiger partial charge in [0, 0.05) is 17.8 Å². The second-order valence-electron chi connectivity index (χ2n) is 5.78. The van der Waals surface area contributed by atoms with E-state index in [1.165, 1.54) is 32.1 Å². The van der Waals surface area contributed by atoms with Crippen LogP contribution in [-0.2, 0) is 0 Å². The fourth-order valence-electron chi connectivity index (χ4n) is 2.79. The van der Waals surface area contributed by atoms with E-state index in [9.17, 15) is 0 Å². The molecule has 1 aliphatic rings. The first-order valence-electron chi connectivity index (χ1n) is 7.29. The van der Waals surface area contributed by atoms with Crippen LogP contribution in [0, 0.1) is 11.8 Å². The Kier molecular flexibility index (Phi) is 5.20. The summed E-state index contributed by atoms with van der Waals surface area (Å²) in [7, 11) is 0. The van der Waals surface area contributed by atoms with Gasteiger partial charge in [0.05, 0.1) is 0 Å². The molecule has 0 unspecified atom stereocenters. The number of benzene rings is 1. The molecular formula is C16H24N2S. The zero-order chi connectivity index (χ0) is 13.7. The third kappa shape index (κ3) is 4.50. The van der Waals surface area contributed by atoms with Gasteiger partial charge in [0.1, 0.15) is 4.99 Å². The summed E-state index contributed by atoms with van der Waals surface area (Å²) in [6.45, 7) is 3.43. The minimum absolute atomic E-state index is 0.461. The van der Waals surface area contributed by atoms with Crippen LogP contribution >= 0.6 is 12.2 Å². The minimum Gasteiger partial charge on any atom is -0.389 e. The maximum atomic E-state index is 5.58. The normalized spacial score (nSPS) is 23.0. The molecule has 0 spiro atoms. The molecule has 0 radical (unpaired) electrons. The first kappa shape index (κ1) is 14.3. The maximum Gasteiger partial charge on any atom is 0.103 e. The van der Waals surface area contributed by atoms with E-state index in [4.69, 9.17) is 18.0 Å². The number of hydrogen-bond acceptors (Lipinski definition) is 2. The van der Waals surface area contributed by atoms with Gasteiger partial charge in [0.2, 0.25) is 0 Å². The fourth-order valence-corrected chi connectivity index (χ4v) is 2.93. The van der Waals surface area contributed by atoms with Crippen LogP contribution in [0.5, 0.6) is 0 Å². The Balaban J connectivity index is 1.72. The Morgan fingerprint density at radius 2 is 1.84 bits per heavy atom. The van der Waals surface area contributed by atoms with Crippen molar-refractivity contribution >= 4 is 22.9 Å². The Bertz CT molecular complexity index is 405. The summed E-state index contributed by atoms with van der Waals surface area (Å²) in [5, 5.41) is 3.49. The van der Waals surface area contributed by atoms with Gasteiger partial charge in [-0.1, -0.05) is 44.8 Å². The fraction of sp³-hybridized carbons (Fsp3) is 0.562. The van der Waals surface area contributed by atoms with Crippen molar-refractivity contribution in [3.8, 4) is 0 Å². The first-order valence-corrected chi connectivity index (χ1v) is 7.69. The van der Waals surface area contributed by atoms with Crippen LogP contribution < -0.4 is 11.1 Å². The van der Waals surface area contributed by atoms with Gasteiger partial charge in [-0.25, -0.2) is 0 Å². The summed E-state index contributed by atoms with van der Waals surface area (Å²) in [6.07, 6.45) is 6.91. The summed E-state index contributed by atoms with van der Waals surface area (Å²) < 4.78 is 0. The highest BCUT2D eigenvalue weighted by Crippen LogP contribution is 2.30. The van der Waals surface area contributed by atoms with E-state index in [2.05, 4.69) is 24.4 Å². The number of nitrogens with two attached hydrogens (primary N) is 1. The molecule has 0 aromatic heterocycles. The van der Waals surface area contributed by atoms with Crippen LogP contribution in [0.15, 0.2) is 24.3 Å². The Morgan fingerprint density at radius 3 is 2.42 bits per heavy atom. The number of nitrogens with one attached hydrogen (secondary N) is 1. The molecule has 0 bridgehead atoms. The number of anilines is 1. The lowest BCUT2D eigenvalue weighted by Gasteiger charge is -2.26. The molecule has 3 N–H and O–H groups in total. The predicted octanol–water partition coefficient (Wildman–Crippen LogP) is 3.95. The predicted molar refractivity (Wildman–Crippen MR) is 86.6 cm³/mol. The lowest BCUT2D eigenvalue weighted by atomic mass is 9.81. The van der Waals surface area contributed by atoms with Crippen LogP contribution in [0.25, 0.3) is 0 Å². The minimum atomic E-state index is 0.461. The SMILES string of the molecule is CC1CCC(CCNc2ccc(C(N)=S)cc2)CC1. The van der Waals surface area contributed by atoms with Crippen molar-refractivity contribution in [2.45, 2.75) is 39.0 Å². The van der Waals surface area contributed by atoms with Gasteiger partial charge >= 0.3 is 0 Å². The highest BCUT2D eigenvalue weighted by Gasteiger charge is 2.17. The molecule has 0 heterocycles. The molecule has 1 aromatic carbocycles. The highest BCUT2D eigenvalue weighted by atomic mass is 32.1. The standard InChI is InChI=1S/C16H24N2S/c1-12-2-4-13(5-3-12)10-11-18-15-8-6-14(7-9-15)16(17)19/h6-9,12-13,18H,2-5,10-11H2,1H3,(H2,17,19). The van der Waals surface area contributed by atoms with E-state index in [1.807, 2.05) is 12.1 Å². The third-order valence-corrected chi connectivity index (χ3v) is 4.42. The zero-order valence-electron chi connectivity index (χ0n) is 11.7. The van der Waals surface area contributed by atoms with Crippen molar-refractivity contribution < 1.29 is 0 Å². The lowest BCUT2D eigenvalue weighted by Crippen LogP contribution is -2.15. The van der Waals surface area contributed by atoms with E-state index in [0.29, 0.717) is 4.99 Å². The van der Waals surface area contributed by atoms with Crippen molar-refractivity contribution in [1.29, 1.82) is 0 Å². The van der Waals surface area contributed by atoms with Gasteiger partial charge in [-0.15, -0.1) is 0 Å². The van der Waals surface area contributed by atoms with E-state index in [0.717, 1.165) is 29.6 Å². The maximum absolute atomic E-state index is 5.58. The van der Waals surface area contributed by atoms with Gasteiger partial charge < -0.3 is 11.1 Å². The van der Waals surface area contributed by atoms with Crippen molar-refractivity contribution in [1.82, 2.24) is 0 Å². The highest BCUT2D eigenvalue weighted by molar-refractivity contribution is 7.80. The smallest absolute Gasteiger partial charge is 0.103 e. The summed E-state index contributed by atoms with van der Waals surface area (Å²) in [5.74, 6) is 1.86. The lowest BCUT2D eigenvalue weighted by molar-refractivity contribution is 0.282. The summed E-state index contributed by atoms with van der Waals surface area (Å²) in [5.41, 5.74) is 7.67. The summed E-state index contributed by atoms with van der Waals surface area (Å²) in [6, 6.07) is 8.06. The number of hydrogen-bond donors (Lipinski definition) is 2. The van der Waals surface area contributed by atoms with Gasteiger partial charge in [-0.2, -0.15) is 0 Å². The van der Waals surface area contributed by atoms with Crippen LogP contribution in [-0.4, -0.2) is 11.5 Å². The molecular weight excluding hydrogens is 252 g/mol. The molecule has 19 heavy (non-hydrogen) atoms. The van der Waals surface area contributed by atoms with Crippen molar-refractivity contribution in [3.05, 3.63) is 29.8 Å². The Labute approximate surface area is 121 Å². The Hall–Kier alpha value is -1.09. The quantitative estimate of drug-likeness (QED) is 0.800. The molecule has 1 fully saturated rings. The second-order valence-corrected chi connectivity index (χ2v) is 6.22. The van der Waals surface area contributed by atoms with E-state index in [1.54, 1.807) is 0 Å². The van der Waals surface area contributed by atoms with Crippen LogP contribution in [0.3, 0.4) is 0 Å². The summed E-state index contributed by atoms with van der Waals surface area (Å²) >= 11 is 4.95. The molecule has 104 valence electrons. The van der Waals surface area contributed by atoms with Crippen LogP contribution in [0.1, 0.15) is 44.6 Å². The van der Waals surface area contributed by atoms with Crippen molar-refractivity contribution in [3.63, 3.8) is 0 Å². The topological polar surface area (TPSA) is 38.0 Å². The van der Waals surface area contributed by atoms with Crippen LogP contribution in [0.4, 0.5) is 5.69 Å². The molecule has 0 saturated heterocycles. The first-order chi connectivity index (χ1) is 9.15. The molecule has 1 aliphatic carbocycles. The Morgan fingerprint density at radius 1 is 1.21 bits per heavy atom. The van der Waals surface area contributed by atoms with Gasteiger partial charge in [-0.05, 0) is 42.5 Å². The molecule has 2 nitrogen and oxygen atoms in total. The third-order valence-electron chi connectivity index (χ3n) is 4.19. The van der Waals surface area contributed by atoms with Crippen molar-refractivity contribution in [2.75, 3.05) is 11.9 Å². The van der Waals surface area contributed by atoms with E-state index >= 15 is 0 Å². The molecule has 0 aliphatic heterocycles. The van der Waals surface area contributed by atoms with Gasteiger partial charge in [-0.3, -0.25) is 0 Å². The van der Waals surface area contributed by atoms with E-state index in [-0.39, 0.29) is 0 Å². The molecule has 2 rings (SSSR count). The number of thiocarbonyl (C=S) groups is 1. The van der Waals surface area contributed by atoms with E-state index < -0.39 is 0 Å². The molecule has 0 atom stereocenters. The largest absolute Gasteiger partial charge is 0.389 e. The van der Waals surface area contributed by atoms with Crippen LogP contribution in [0.2, 0.25) is 0 Å². The average molecular weight is 276 g/mol. The molecule has 0 amide bonds. The molecule has 3 heteroatoms. The van der Waals surface area contributed by atoms with Crippen molar-refractivity contribution in [2.24, 2.45) is 17.6 Å². The average Bonchev–Trinajstić information content (AvgIpc) is 2.41. The molecule has 1 saturated carbocycles. The second kappa shape index (κ2) is 6.90. The zero-order valence-corrected chi connectivity index (χ0v) is 12.5. The monoisotopic (exact) mass is 276 g/mol. The number of rotatable bonds is 5. The summed E-state index contributed by atoms with van der Waals surface area (Å²) in [4.78, 5) is 0.461. The van der Waals surface area contributed by atoms with Gasteiger partial charge in [0.15, 0.2) is 0 Å². The molecule has 1 aromatic rings. The van der Waals surface area contributed by atoms with Gasteiger partial charge in [0.25, 0.3) is 0 Å².